The monoisotopic (exact) mass is 248 g/mol. The molecule has 0 spiro atoms. The summed E-state index contributed by atoms with van der Waals surface area (Å²) in [6, 6.07) is 15.2. The lowest BCUT2D eigenvalue weighted by atomic mass is 10.1. The van der Waals surface area contributed by atoms with Crippen LogP contribution in [0.4, 0.5) is 5.69 Å². The van der Waals surface area contributed by atoms with Gasteiger partial charge in [0.15, 0.2) is 5.69 Å². The molecule has 2 aromatic carbocycles. The summed E-state index contributed by atoms with van der Waals surface area (Å²) >= 11 is 0. The standard InChI is InChI=1S/C16H12N2O/c1-17-14-7-8-15-13(9-14)11-18(16(15)19)10-12-5-3-2-4-6-12/h2-9H,10-11H2. The first-order valence-corrected chi connectivity index (χ1v) is 6.11. The first-order chi connectivity index (χ1) is 9.28. The molecule has 3 nitrogen and oxygen atoms in total. The van der Waals surface area contributed by atoms with Crippen LogP contribution in [0.15, 0.2) is 48.5 Å². The summed E-state index contributed by atoms with van der Waals surface area (Å²) in [5, 5.41) is 0. The Morgan fingerprint density at radius 3 is 2.68 bits per heavy atom. The highest BCUT2D eigenvalue weighted by atomic mass is 16.2. The van der Waals surface area contributed by atoms with Crippen molar-refractivity contribution in [1.82, 2.24) is 4.90 Å². The molecule has 0 radical (unpaired) electrons. The number of nitrogens with zero attached hydrogens (tertiary/aromatic N) is 2. The van der Waals surface area contributed by atoms with E-state index in [0.717, 1.165) is 16.7 Å². The molecule has 0 bridgehead atoms. The largest absolute Gasteiger partial charge is 0.330 e. The molecule has 3 heteroatoms. The maximum Gasteiger partial charge on any atom is 0.254 e. The number of carbonyl (C=O) groups is 1. The molecule has 0 aliphatic carbocycles. The molecule has 0 saturated carbocycles. The molecule has 0 N–H and O–H groups in total. The summed E-state index contributed by atoms with van der Waals surface area (Å²) in [7, 11) is 0. The summed E-state index contributed by atoms with van der Waals surface area (Å²) in [5.41, 5.74) is 3.39. The molecule has 1 aliphatic rings. The number of carbonyl (C=O) groups excluding carboxylic acids is 1. The van der Waals surface area contributed by atoms with Crippen molar-refractivity contribution in [1.29, 1.82) is 0 Å². The van der Waals surface area contributed by atoms with Crippen LogP contribution in [0.3, 0.4) is 0 Å². The summed E-state index contributed by atoms with van der Waals surface area (Å²) < 4.78 is 0. The van der Waals surface area contributed by atoms with E-state index in [4.69, 9.17) is 6.57 Å². The van der Waals surface area contributed by atoms with Crippen LogP contribution in [-0.4, -0.2) is 10.8 Å². The Balaban J connectivity index is 1.85. The van der Waals surface area contributed by atoms with E-state index in [0.29, 0.717) is 18.8 Å². The Kier molecular flexibility index (Phi) is 2.77. The average molecular weight is 248 g/mol. The summed E-state index contributed by atoms with van der Waals surface area (Å²) in [4.78, 5) is 17.5. The van der Waals surface area contributed by atoms with E-state index in [-0.39, 0.29) is 5.91 Å². The lowest BCUT2D eigenvalue weighted by Gasteiger charge is -2.15. The molecule has 0 fully saturated rings. The minimum Gasteiger partial charge on any atom is -0.330 e. The van der Waals surface area contributed by atoms with Gasteiger partial charge in [-0.3, -0.25) is 4.79 Å². The lowest BCUT2D eigenvalue weighted by molar-refractivity contribution is 0.0766. The summed E-state index contributed by atoms with van der Waals surface area (Å²) in [5.74, 6) is 0.0513. The van der Waals surface area contributed by atoms with Crippen LogP contribution in [-0.2, 0) is 13.1 Å². The van der Waals surface area contributed by atoms with Crippen molar-refractivity contribution in [3.05, 3.63) is 76.6 Å². The lowest BCUT2D eigenvalue weighted by Crippen LogP contribution is -2.23. The fourth-order valence-electron chi connectivity index (χ4n) is 2.37. The minimum atomic E-state index is 0.0513. The van der Waals surface area contributed by atoms with Gasteiger partial charge in [0.05, 0.1) is 6.57 Å². The van der Waals surface area contributed by atoms with Gasteiger partial charge in [-0.15, -0.1) is 0 Å². The van der Waals surface area contributed by atoms with E-state index < -0.39 is 0 Å². The molecule has 0 aromatic heterocycles. The van der Waals surface area contributed by atoms with E-state index in [1.807, 2.05) is 41.3 Å². The van der Waals surface area contributed by atoms with Gasteiger partial charge in [0.1, 0.15) is 0 Å². The van der Waals surface area contributed by atoms with Crippen LogP contribution in [0, 0.1) is 6.57 Å². The van der Waals surface area contributed by atoms with Crippen LogP contribution in [0.1, 0.15) is 21.5 Å². The zero-order valence-electron chi connectivity index (χ0n) is 10.3. The second kappa shape index (κ2) is 4.58. The highest BCUT2D eigenvalue weighted by molar-refractivity contribution is 5.98. The SMILES string of the molecule is [C-]#[N+]c1ccc2c(c1)CN(Cc1ccccc1)C2=O. The first-order valence-electron chi connectivity index (χ1n) is 6.11. The molecule has 1 aliphatic heterocycles. The predicted octanol–water partition coefficient (Wildman–Crippen LogP) is 3.39. The maximum absolute atomic E-state index is 12.2. The highest BCUT2D eigenvalue weighted by Crippen LogP contribution is 2.28. The average Bonchev–Trinajstić information content (AvgIpc) is 2.76. The quantitative estimate of drug-likeness (QED) is 0.748. The molecular formula is C16H12N2O. The third kappa shape index (κ3) is 2.09. The molecule has 19 heavy (non-hydrogen) atoms. The number of hydrogen-bond donors (Lipinski definition) is 0. The Bertz CT molecular complexity index is 671. The van der Waals surface area contributed by atoms with Crippen molar-refractivity contribution in [2.24, 2.45) is 0 Å². The number of rotatable bonds is 2. The number of benzene rings is 2. The smallest absolute Gasteiger partial charge is 0.254 e. The minimum absolute atomic E-state index is 0.0513. The molecule has 3 rings (SSSR count). The molecule has 0 atom stereocenters. The van der Waals surface area contributed by atoms with Gasteiger partial charge >= 0.3 is 0 Å². The first kappa shape index (κ1) is 11.5. The van der Waals surface area contributed by atoms with Gasteiger partial charge in [-0.25, -0.2) is 4.85 Å². The third-order valence-electron chi connectivity index (χ3n) is 3.31. The number of amides is 1. The van der Waals surface area contributed by atoms with Crippen LogP contribution in [0.25, 0.3) is 4.85 Å². The predicted molar refractivity (Wildman–Crippen MR) is 72.7 cm³/mol. The van der Waals surface area contributed by atoms with E-state index in [1.54, 1.807) is 12.1 Å². The van der Waals surface area contributed by atoms with Gasteiger partial charge in [0, 0.05) is 18.7 Å². The second-order valence-electron chi connectivity index (χ2n) is 4.60. The van der Waals surface area contributed by atoms with Crippen molar-refractivity contribution in [2.75, 3.05) is 0 Å². The second-order valence-corrected chi connectivity index (χ2v) is 4.60. The Hall–Kier alpha value is -2.60. The zero-order chi connectivity index (χ0) is 13.2. The molecular weight excluding hydrogens is 236 g/mol. The van der Waals surface area contributed by atoms with Crippen molar-refractivity contribution in [2.45, 2.75) is 13.1 Å². The van der Waals surface area contributed by atoms with Crippen molar-refractivity contribution >= 4 is 11.6 Å². The van der Waals surface area contributed by atoms with Gasteiger partial charge in [0.25, 0.3) is 5.91 Å². The van der Waals surface area contributed by atoms with Crippen LogP contribution >= 0.6 is 0 Å². The number of fused-ring (bicyclic) bond motifs is 1. The van der Waals surface area contributed by atoms with E-state index in [1.165, 1.54) is 0 Å². The molecule has 0 unspecified atom stereocenters. The molecule has 2 aromatic rings. The fourth-order valence-corrected chi connectivity index (χ4v) is 2.37. The topological polar surface area (TPSA) is 24.7 Å². The van der Waals surface area contributed by atoms with Crippen LogP contribution in [0.2, 0.25) is 0 Å². The normalized spacial score (nSPS) is 13.2. The van der Waals surface area contributed by atoms with Crippen LogP contribution < -0.4 is 0 Å². The molecule has 1 amide bonds. The Morgan fingerprint density at radius 2 is 1.95 bits per heavy atom. The van der Waals surface area contributed by atoms with Crippen molar-refractivity contribution < 1.29 is 4.79 Å². The maximum atomic E-state index is 12.2. The molecule has 0 saturated heterocycles. The Labute approximate surface area is 111 Å². The fraction of sp³-hybridized carbons (Fsp3) is 0.125. The summed E-state index contributed by atoms with van der Waals surface area (Å²) in [6.45, 7) is 8.22. The van der Waals surface area contributed by atoms with E-state index in [2.05, 4.69) is 4.85 Å². The zero-order valence-corrected chi connectivity index (χ0v) is 10.3. The third-order valence-corrected chi connectivity index (χ3v) is 3.31. The highest BCUT2D eigenvalue weighted by Gasteiger charge is 2.27. The van der Waals surface area contributed by atoms with Crippen molar-refractivity contribution in [3.8, 4) is 0 Å². The molecule has 92 valence electrons. The van der Waals surface area contributed by atoms with Crippen LogP contribution in [0.5, 0.6) is 0 Å². The van der Waals surface area contributed by atoms with Gasteiger partial charge in [-0.1, -0.05) is 48.5 Å². The molecule has 1 heterocycles. The van der Waals surface area contributed by atoms with Gasteiger partial charge < -0.3 is 4.90 Å². The van der Waals surface area contributed by atoms with E-state index >= 15 is 0 Å². The van der Waals surface area contributed by atoms with Gasteiger partial charge in [-0.05, 0) is 11.1 Å². The van der Waals surface area contributed by atoms with Crippen molar-refractivity contribution in [3.63, 3.8) is 0 Å². The Morgan fingerprint density at radius 1 is 1.16 bits per heavy atom. The van der Waals surface area contributed by atoms with Gasteiger partial charge in [0.2, 0.25) is 0 Å². The van der Waals surface area contributed by atoms with Gasteiger partial charge in [-0.2, -0.15) is 0 Å². The number of hydrogen-bond acceptors (Lipinski definition) is 1. The van der Waals surface area contributed by atoms with E-state index in [9.17, 15) is 4.79 Å². The summed E-state index contributed by atoms with van der Waals surface area (Å²) in [6.07, 6.45) is 0.